The second-order valence-corrected chi connectivity index (χ2v) is 6.59. The number of hydrogen-bond acceptors (Lipinski definition) is 4. The van der Waals surface area contributed by atoms with Crippen molar-refractivity contribution in [3.63, 3.8) is 0 Å². The monoisotopic (exact) mass is 346 g/mol. The van der Waals surface area contributed by atoms with E-state index in [9.17, 15) is 0 Å². The second kappa shape index (κ2) is 9.18. The van der Waals surface area contributed by atoms with Crippen LogP contribution in [0.3, 0.4) is 0 Å². The molecular weight excluding hydrogens is 320 g/mol. The summed E-state index contributed by atoms with van der Waals surface area (Å²) in [5, 5.41) is 0. The maximum Gasteiger partial charge on any atom is 0.159 e. The van der Waals surface area contributed by atoms with E-state index >= 15 is 0 Å². The maximum absolute atomic E-state index is 4.50. The molecule has 0 bridgehead atoms. The van der Waals surface area contributed by atoms with Crippen LogP contribution in [0.25, 0.3) is 22.5 Å². The third-order valence-electron chi connectivity index (χ3n) is 4.43. The molecule has 0 fully saturated rings. The molecule has 0 N–H and O–H groups in total. The Hall–Kier alpha value is -2.62. The minimum Gasteiger partial charge on any atom is -0.241 e. The number of aryl methyl sites for hydroxylation is 2. The molecule has 0 unspecified atom stereocenters. The van der Waals surface area contributed by atoms with Crippen molar-refractivity contribution >= 4 is 0 Å². The summed E-state index contributed by atoms with van der Waals surface area (Å²) in [6.45, 7) is 4.37. The minimum atomic E-state index is 0.763. The molecule has 0 radical (unpaired) electrons. The van der Waals surface area contributed by atoms with Gasteiger partial charge in [0.2, 0.25) is 0 Å². The average molecular weight is 346 g/mol. The first-order valence-corrected chi connectivity index (χ1v) is 9.52. The fraction of sp³-hybridized carbons (Fsp3) is 0.364. The van der Waals surface area contributed by atoms with E-state index in [1.807, 2.05) is 24.8 Å². The lowest BCUT2D eigenvalue weighted by atomic mass is 10.1. The molecule has 0 saturated carbocycles. The van der Waals surface area contributed by atoms with Crippen LogP contribution in [0.15, 0.2) is 49.1 Å². The van der Waals surface area contributed by atoms with Crippen LogP contribution in [0.4, 0.5) is 0 Å². The van der Waals surface area contributed by atoms with Gasteiger partial charge in [-0.1, -0.05) is 57.4 Å². The largest absolute Gasteiger partial charge is 0.241 e. The van der Waals surface area contributed by atoms with Crippen LogP contribution in [0.2, 0.25) is 0 Å². The lowest BCUT2D eigenvalue weighted by molar-refractivity contribution is 0.693. The summed E-state index contributed by atoms with van der Waals surface area (Å²) in [6.07, 6.45) is 14.4. The first-order chi connectivity index (χ1) is 12.8. The summed E-state index contributed by atoms with van der Waals surface area (Å²) in [4.78, 5) is 18.0. The van der Waals surface area contributed by atoms with Gasteiger partial charge in [-0.2, -0.15) is 0 Å². The predicted octanol–water partition coefficient (Wildman–Crippen LogP) is 5.29. The van der Waals surface area contributed by atoms with Crippen molar-refractivity contribution in [2.75, 3.05) is 0 Å². The van der Waals surface area contributed by atoms with E-state index in [1.54, 1.807) is 0 Å². The molecule has 134 valence electrons. The van der Waals surface area contributed by atoms with E-state index in [1.165, 1.54) is 18.4 Å². The van der Waals surface area contributed by atoms with Crippen LogP contribution in [0.1, 0.15) is 50.9 Å². The topological polar surface area (TPSA) is 51.6 Å². The normalized spacial score (nSPS) is 10.8. The Morgan fingerprint density at radius 1 is 0.615 bits per heavy atom. The van der Waals surface area contributed by atoms with E-state index in [-0.39, 0.29) is 0 Å². The number of nitrogens with zero attached hydrogens (tertiary/aromatic N) is 4. The quantitative estimate of drug-likeness (QED) is 0.520. The first kappa shape index (κ1) is 18.2. The van der Waals surface area contributed by atoms with Crippen LogP contribution in [-0.2, 0) is 12.8 Å². The Morgan fingerprint density at radius 3 is 1.88 bits per heavy atom. The molecule has 26 heavy (non-hydrogen) atoms. The molecule has 0 spiro atoms. The number of benzene rings is 1. The number of rotatable bonds is 8. The summed E-state index contributed by atoms with van der Waals surface area (Å²) >= 11 is 0. The van der Waals surface area contributed by atoms with Crippen LogP contribution in [-0.4, -0.2) is 19.9 Å². The fourth-order valence-electron chi connectivity index (χ4n) is 2.90. The molecule has 4 heteroatoms. The molecule has 0 amide bonds. The van der Waals surface area contributed by atoms with Crippen molar-refractivity contribution < 1.29 is 0 Å². The highest BCUT2D eigenvalue weighted by Gasteiger charge is 2.04. The highest BCUT2D eigenvalue weighted by Crippen LogP contribution is 2.22. The molecule has 3 aromatic rings. The zero-order valence-corrected chi connectivity index (χ0v) is 15.7. The molecule has 0 aliphatic rings. The van der Waals surface area contributed by atoms with E-state index in [0.29, 0.717) is 0 Å². The van der Waals surface area contributed by atoms with Gasteiger partial charge >= 0.3 is 0 Å². The van der Waals surface area contributed by atoms with Crippen LogP contribution >= 0.6 is 0 Å². The van der Waals surface area contributed by atoms with Crippen LogP contribution < -0.4 is 0 Å². The molecule has 1 aromatic carbocycles. The maximum atomic E-state index is 4.50. The minimum absolute atomic E-state index is 0.763. The van der Waals surface area contributed by atoms with Crippen molar-refractivity contribution in [3.05, 3.63) is 60.4 Å². The summed E-state index contributed by atoms with van der Waals surface area (Å²) in [5.74, 6) is 1.69. The Balaban J connectivity index is 1.68. The molecule has 2 heterocycles. The van der Waals surface area contributed by atoms with Crippen molar-refractivity contribution in [2.45, 2.75) is 52.4 Å². The van der Waals surface area contributed by atoms with Gasteiger partial charge in [-0.25, -0.2) is 19.9 Å². The third kappa shape index (κ3) is 4.72. The SMILES string of the molecule is CCCCCc1ncc(-c2ccc(-c3ncc(CCC)cn3)cc2)cn1. The van der Waals surface area contributed by atoms with E-state index in [4.69, 9.17) is 0 Å². The van der Waals surface area contributed by atoms with Gasteiger partial charge in [0.25, 0.3) is 0 Å². The molecule has 0 saturated heterocycles. The van der Waals surface area contributed by atoms with Gasteiger partial charge in [0.1, 0.15) is 5.82 Å². The number of aromatic nitrogens is 4. The smallest absolute Gasteiger partial charge is 0.159 e. The molecule has 4 nitrogen and oxygen atoms in total. The summed E-state index contributed by atoms with van der Waals surface area (Å²) < 4.78 is 0. The molecular formula is C22H26N4. The summed E-state index contributed by atoms with van der Waals surface area (Å²) in [5.41, 5.74) is 4.35. The zero-order chi connectivity index (χ0) is 18.2. The molecule has 0 atom stereocenters. The average Bonchev–Trinajstić information content (AvgIpc) is 2.70. The molecule has 2 aromatic heterocycles. The Labute approximate surface area is 155 Å². The lowest BCUT2D eigenvalue weighted by Crippen LogP contribution is -1.95. The summed E-state index contributed by atoms with van der Waals surface area (Å²) in [6, 6.07) is 8.26. The second-order valence-electron chi connectivity index (χ2n) is 6.59. The van der Waals surface area contributed by atoms with Crippen LogP contribution in [0.5, 0.6) is 0 Å². The summed E-state index contributed by atoms with van der Waals surface area (Å²) in [7, 11) is 0. The van der Waals surface area contributed by atoms with E-state index < -0.39 is 0 Å². The van der Waals surface area contributed by atoms with Gasteiger partial charge in [-0.3, -0.25) is 0 Å². The lowest BCUT2D eigenvalue weighted by Gasteiger charge is -2.05. The highest BCUT2D eigenvalue weighted by atomic mass is 14.9. The van der Waals surface area contributed by atoms with Crippen molar-refractivity contribution in [1.29, 1.82) is 0 Å². The Kier molecular flexibility index (Phi) is 6.42. The molecule has 0 aliphatic heterocycles. The number of hydrogen-bond donors (Lipinski definition) is 0. The predicted molar refractivity (Wildman–Crippen MR) is 106 cm³/mol. The van der Waals surface area contributed by atoms with Crippen molar-refractivity contribution in [1.82, 2.24) is 19.9 Å². The zero-order valence-electron chi connectivity index (χ0n) is 15.7. The van der Waals surface area contributed by atoms with Crippen molar-refractivity contribution in [3.8, 4) is 22.5 Å². The van der Waals surface area contributed by atoms with Crippen molar-refractivity contribution in [2.24, 2.45) is 0 Å². The highest BCUT2D eigenvalue weighted by molar-refractivity contribution is 5.66. The molecule has 3 rings (SSSR count). The molecule has 0 aliphatic carbocycles. The van der Waals surface area contributed by atoms with Gasteiger partial charge in [0.05, 0.1) is 0 Å². The standard InChI is InChI=1S/C22H26N4/c1-3-5-6-8-21-23-15-20(16-24-21)18-9-11-19(12-10-18)22-25-13-17(7-4-2)14-26-22/h9-16H,3-8H2,1-2H3. The van der Waals surface area contributed by atoms with Gasteiger partial charge in [0, 0.05) is 42.3 Å². The van der Waals surface area contributed by atoms with Gasteiger partial charge < -0.3 is 0 Å². The number of unbranched alkanes of at least 4 members (excludes halogenated alkanes) is 2. The Morgan fingerprint density at radius 2 is 1.27 bits per heavy atom. The van der Waals surface area contributed by atoms with Gasteiger partial charge in [-0.05, 0) is 24.0 Å². The Bertz CT molecular complexity index is 793. The fourth-order valence-corrected chi connectivity index (χ4v) is 2.90. The van der Waals surface area contributed by atoms with E-state index in [2.05, 4.69) is 58.0 Å². The third-order valence-corrected chi connectivity index (χ3v) is 4.43. The van der Waals surface area contributed by atoms with Crippen LogP contribution in [0, 0.1) is 0 Å². The first-order valence-electron chi connectivity index (χ1n) is 9.52. The van der Waals surface area contributed by atoms with E-state index in [0.717, 1.165) is 54.0 Å². The van der Waals surface area contributed by atoms with Gasteiger partial charge in [-0.15, -0.1) is 0 Å². The van der Waals surface area contributed by atoms with Gasteiger partial charge in [0.15, 0.2) is 5.82 Å².